The zero-order chi connectivity index (χ0) is 11.2. The Bertz CT molecular complexity index is 427. The van der Waals surface area contributed by atoms with Gasteiger partial charge in [-0.2, -0.15) is 0 Å². The van der Waals surface area contributed by atoms with Gasteiger partial charge in [0.25, 0.3) is 0 Å². The van der Waals surface area contributed by atoms with Crippen LogP contribution in [0.1, 0.15) is 16.4 Å². The zero-order valence-corrected chi connectivity index (χ0v) is 10.00. The number of hydrogen-bond acceptors (Lipinski definition) is 5. The third kappa shape index (κ3) is 3.36. The molecule has 5 heteroatoms. The Labute approximate surface area is 98.8 Å². The van der Waals surface area contributed by atoms with Crippen LogP contribution in [-0.4, -0.2) is 21.5 Å². The van der Waals surface area contributed by atoms with E-state index in [-0.39, 0.29) is 0 Å². The van der Waals surface area contributed by atoms with E-state index >= 15 is 0 Å². The molecule has 0 atom stereocenters. The van der Waals surface area contributed by atoms with Crippen LogP contribution in [0.5, 0.6) is 0 Å². The zero-order valence-electron chi connectivity index (χ0n) is 9.18. The molecular weight excluding hydrogens is 220 g/mol. The summed E-state index contributed by atoms with van der Waals surface area (Å²) in [7, 11) is 0. The molecule has 0 aliphatic heterocycles. The second-order valence-electron chi connectivity index (χ2n) is 3.49. The summed E-state index contributed by atoms with van der Waals surface area (Å²) < 4.78 is 0. The molecule has 0 radical (unpaired) electrons. The van der Waals surface area contributed by atoms with E-state index in [0.717, 1.165) is 35.9 Å². The molecule has 0 saturated carbocycles. The highest BCUT2D eigenvalue weighted by Crippen LogP contribution is 2.07. The molecule has 0 unspecified atom stereocenters. The van der Waals surface area contributed by atoms with Crippen molar-refractivity contribution in [3.63, 3.8) is 0 Å². The molecule has 2 heterocycles. The molecule has 0 aliphatic rings. The maximum atomic E-state index is 4.41. The first-order chi connectivity index (χ1) is 7.84. The lowest BCUT2D eigenvalue weighted by atomic mass is 10.3. The first-order valence-electron chi connectivity index (χ1n) is 5.21. The molecule has 0 aromatic carbocycles. The van der Waals surface area contributed by atoms with Gasteiger partial charge in [-0.05, 0) is 13.0 Å². The highest BCUT2D eigenvalue weighted by molar-refractivity contribution is 7.09. The van der Waals surface area contributed by atoms with Crippen molar-refractivity contribution in [1.82, 2.24) is 20.3 Å². The molecule has 0 spiro atoms. The fourth-order valence-electron chi connectivity index (χ4n) is 1.38. The quantitative estimate of drug-likeness (QED) is 0.798. The van der Waals surface area contributed by atoms with Crippen molar-refractivity contribution in [1.29, 1.82) is 0 Å². The van der Waals surface area contributed by atoms with Gasteiger partial charge in [0.05, 0.1) is 16.4 Å². The van der Waals surface area contributed by atoms with Crippen molar-refractivity contribution >= 4 is 11.3 Å². The van der Waals surface area contributed by atoms with Gasteiger partial charge in [-0.15, -0.1) is 11.3 Å². The van der Waals surface area contributed by atoms with Crippen LogP contribution in [0.15, 0.2) is 24.0 Å². The number of aromatic nitrogens is 3. The fraction of sp³-hybridized carbons (Fsp3) is 0.364. The molecule has 1 N–H and O–H groups in total. The molecule has 4 nitrogen and oxygen atoms in total. The van der Waals surface area contributed by atoms with Crippen LogP contribution in [0.4, 0.5) is 0 Å². The first kappa shape index (κ1) is 11.2. The first-order valence-corrected chi connectivity index (χ1v) is 6.09. The molecule has 0 bridgehead atoms. The number of rotatable bonds is 5. The average Bonchev–Trinajstić information content (AvgIpc) is 2.72. The van der Waals surface area contributed by atoms with E-state index < -0.39 is 0 Å². The number of aryl methyl sites for hydroxylation is 1. The maximum Gasteiger partial charge on any atom is 0.115 e. The van der Waals surface area contributed by atoms with Crippen molar-refractivity contribution in [2.75, 3.05) is 6.54 Å². The Hall–Kier alpha value is -1.33. The minimum atomic E-state index is 0.783. The fourth-order valence-corrected chi connectivity index (χ4v) is 2.03. The third-order valence-electron chi connectivity index (χ3n) is 2.17. The number of thiazole rings is 1. The van der Waals surface area contributed by atoms with Gasteiger partial charge >= 0.3 is 0 Å². The van der Waals surface area contributed by atoms with Crippen LogP contribution >= 0.6 is 11.3 Å². The van der Waals surface area contributed by atoms with Gasteiger partial charge < -0.3 is 5.32 Å². The largest absolute Gasteiger partial charge is 0.311 e. The number of nitrogens with zero attached hydrogens (tertiary/aromatic N) is 3. The highest BCUT2D eigenvalue weighted by Gasteiger charge is 1.98. The van der Waals surface area contributed by atoms with Crippen molar-refractivity contribution < 1.29 is 0 Å². The normalized spacial score (nSPS) is 10.6. The van der Waals surface area contributed by atoms with E-state index in [9.17, 15) is 0 Å². The van der Waals surface area contributed by atoms with Crippen LogP contribution in [0, 0.1) is 6.92 Å². The number of nitrogens with one attached hydrogen (secondary N) is 1. The van der Waals surface area contributed by atoms with E-state index in [1.165, 1.54) is 0 Å². The molecule has 16 heavy (non-hydrogen) atoms. The van der Waals surface area contributed by atoms with Crippen molar-refractivity contribution in [2.45, 2.75) is 19.9 Å². The molecular formula is C11H14N4S. The second-order valence-corrected chi connectivity index (χ2v) is 4.55. The third-order valence-corrected chi connectivity index (χ3v) is 3.00. The Morgan fingerprint density at radius 2 is 2.31 bits per heavy atom. The van der Waals surface area contributed by atoms with E-state index in [2.05, 4.69) is 25.6 Å². The van der Waals surface area contributed by atoms with Crippen LogP contribution in [0.2, 0.25) is 0 Å². The Morgan fingerprint density at radius 3 is 3.00 bits per heavy atom. The molecule has 2 aromatic heterocycles. The standard InChI is InChI=1S/C11H14N4S/c1-9-15-11(7-16-9)3-4-12-6-10-2-5-13-8-14-10/h2,5,7-8,12H,3-4,6H2,1H3. The van der Waals surface area contributed by atoms with Crippen molar-refractivity contribution in [2.24, 2.45) is 0 Å². The van der Waals surface area contributed by atoms with Gasteiger partial charge in [-0.25, -0.2) is 15.0 Å². The highest BCUT2D eigenvalue weighted by atomic mass is 32.1. The van der Waals surface area contributed by atoms with Crippen LogP contribution in [0.25, 0.3) is 0 Å². The summed E-state index contributed by atoms with van der Waals surface area (Å²) in [5.41, 5.74) is 2.18. The second kappa shape index (κ2) is 5.67. The number of hydrogen-bond donors (Lipinski definition) is 1. The predicted octanol–water partition coefficient (Wildman–Crippen LogP) is 1.57. The minimum Gasteiger partial charge on any atom is -0.311 e. The molecule has 2 rings (SSSR count). The summed E-state index contributed by atoms with van der Waals surface area (Å²) in [5, 5.41) is 6.58. The van der Waals surface area contributed by atoms with Crippen molar-refractivity contribution in [3.8, 4) is 0 Å². The maximum absolute atomic E-state index is 4.41. The molecule has 0 saturated heterocycles. The average molecular weight is 234 g/mol. The summed E-state index contributed by atoms with van der Waals surface area (Å²) in [4.78, 5) is 12.4. The van der Waals surface area contributed by atoms with Crippen LogP contribution < -0.4 is 5.32 Å². The van der Waals surface area contributed by atoms with Gasteiger partial charge in [-0.3, -0.25) is 0 Å². The molecule has 2 aromatic rings. The van der Waals surface area contributed by atoms with Gasteiger partial charge in [0.2, 0.25) is 0 Å². The molecule has 0 amide bonds. The summed E-state index contributed by atoms with van der Waals surface area (Å²) >= 11 is 1.70. The Kier molecular flexibility index (Phi) is 3.96. The van der Waals surface area contributed by atoms with Gasteiger partial charge in [0, 0.05) is 31.1 Å². The van der Waals surface area contributed by atoms with E-state index in [4.69, 9.17) is 0 Å². The Balaban J connectivity index is 1.69. The van der Waals surface area contributed by atoms with Crippen molar-refractivity contribution in [3.05, 3.63) is 40.4 Å². The van der Waals surface area contributed by atoms with Gasteiger partial charge in [0.15, 0.2) is 0 Å². The Morgan fingerprint density at radius 1 is 1.38 bits per heavy atom. The lowest BCUT2D eigenvalue weighted by Gasteiger charge is -2.02. The van der Waals surface area contributed by atoms with Gasteiger partial charge in [-0.1, -0.05) is 0 Å². The van der Waals surface area contributed by atoms with E-state index in [0.29, 0.717) is 0 Å². The smallest absolute Gasteiger partial charge is 0.115 e. The minimum absolute atomic E-state index is 0.783. The molecule has 84 valence electrons. The lowest BCUT2D eigenvalue weighted by Crippen LogP contribution is -2.17. The lowest BCUT2D eigenvalue weighted by molar-refractivity contribution is 0.668. The van der Waals surface area contributed by atoms with E-state index in [1.54, 1.807) is 23.9 Å². The topological polar surface area (TPSA) is 50.7 Å². The van der Waals surface area contributed by atoms with Crippen LogP contribution in [0.3, 0.4) is 0 Å². The van der Waals surface area contributed by atoms with E-state index in [1.807, 2.05) is 13.0 Å². The summed E-state index contributed by atoms with van der Waals surface area (Å²) in [6.07, 6.45) is 4.30. The summed E-state index contributed by atoms with van der Waals surface area (Å²) in [5.74, 6) is 0. The molecule has 0 aliphatic carbocycles. The van der Waals surface area contributed by atoms with Crippen LogP contribution in [-0.2, 0) is 13.0 Å². The summed E-state index contributed by atoms with van der Waals surface area (Å²) in [6, 6.07) is 1.92. The van der Waals surface area contributed by atoms with Gasteiger partial charge in [0.1, 0.15) is 6.33 Å². The molecule has 0 fully saturated rings. The monoisotopic (exact) mass is 234 g/mol. The predicted molar refractivity (Wildman–Crippen MR) is 64.3 cm³/mol. The summed E-state index contributed by atoms with van der Waals surface area (Å²) in [6.45, 7) is 3.74. The SMILES string of the molecule is Cc1nc(CCNCc2ccncn2)cs1.